The van der Waals surface area contributed by atoms with Crippen LogP contribution in [0.15, 0.2) is 30.3 Å². The van der Waals surface area contributed by atoms with E-state index in [0.717, 1.165) is 31.2 Å². The van der Waals surface area contributed by atoms with Gasteiger partial charge in [-0.25, -0.2) is 0 Å². The number of benzene rings is 1. The molecule has 0 bridgehead atoms. The van der Waals surface area contributed by atoms with Gasteiger partial charge in [-0.3, -0.25) is 4.79 Å². The molecule has 0 saturated heterocycles. The van der Waals surface area contributed by atoms with Crippen molar-refractivity contribution in [3.63, 3.8) is 0 Å². The highest BCUT2D eigenvalue weighted by Crippen LogP contribution is 2.35. The van der Waals surface area contributed by atoms with E-state index in [1.807, 2.05) is 30.3 Å². The molecular weight excluding hydrogens is 238 g/mol. The second kappa shape index (κ2) is 6.20. The molecule has 19 heavy (non-hydrogen) atoms. The lowest BCUT2D eigenvalue weighted by atomic mass is 9.72. The molecule has 1 aliphatic rings. The Bertz CT molecular complexity index is 418. The summed E-state index contributed by atoms with van der Waals surface area (Å²) < 4.78 is 5.44. The second-order valence-electron chi connectivity index (χ2n) is 5.45. The number of ether oxygens (including phenoxy) is 1. The van der Waals surface area contributed by atoms with Crippen molar-refractivity contribution in [1.82, 2.24) is 0 Å². The van der Waals surface area contributed by atoms with Gasteiger partial charge in [-0.1, -0.05) is 56.5 Å². The summed E-state index contributed by atoms with van der Waals surface area (Å²) in [6.07, 6.45) is 4.92. The Labute approximate surface area is 115 Å². The van der Waals surface area contributed by atoms with Crippen molar-refractivity contribution in [2.75, 3.05) is 0 Å². The zero-order chi connectivity index (χ0) is 13.7. The number of hydrogen-bond acceptors (Lipinski definition) is 3. The average molecular weight is 261 g/mol. The van der Waals surface area contributed by atoms with Gasteiger partial charge in [0.05, 0.1) is 0 Å². The number of hydrogen-bond donors (Lipinski definition) is 1. The van der Waals surface area contributed by atoms with Crippen LogP contribution in [0, 0.1) is 5.92 Å². The van der Waals surface area contributed by atoms with Gasteiger partial charge >= 0.3 is 5.97 Å². The topological polar surface area (TPSA) is 52.3 Å². The van der Waals surface area contributed by atoms with Crippen LogP contribution in [0.3, 0.4) is 0 Å². The van der Waals surface area contributed by atoms with E-state index in [1.54, 1.807) is 0 Å². The molecule has 2 rings (SSSR count). The van der Waals surface area contributed by atoms with Gasteiger partial charge in [0.1, 0.15) is 12.1 Å². The van der Waals surface area contributed by atoms with E-state index in [4.69, 9.17) is 10.5 Å². The van der Waals surface area contributed by atoms with Gasteiger partial charge in [0.15, 0.2) is 0 Å². The van der Waals surface area contributed by atoms with Crippen LogP contribution < -0.4 is 5.73 Å². The Balaban J connectivity index is 1.98. The standard InChI is InChI=1S/C16H23NO2/c1-2-14-10-6-7-11-16(14,17)15(18)19-12-13-8-4-3-5-9-13/h3-5,8-9,14H,2,6-7,10-12,17H2,1H3/t14-,16-/m0/s1. The first-order valence-corrected chi connectivity index (χ1v) is 7.17. The SMILES string of the molecule is CC[C@H]1CCCC[C@@]1(N)C(=O)OCc1ccccc1. The van der Waals surface area contributed by atoms with E-state index < -0.39 is 5.54 Å². The molecule has 0 heterocycles. The zero-order valence-electron chi connectivity index (χ0n) is 11.6. The van der Waals surface area contributed by atoms with Crippen LogP contribution in [0.4, 0.5) is 0 Å². The van der Waals surface area contributed by atoms with Crippen molar-refractivity contribution in [1.29, 1.82) is 0 Å². The molecule has 2 N–H and O–H groups in total. The predicted molar refractivity (Wildman–Crippen MR) is 75.4 cm³/mol. The summed E-state index contributed by atoms with van der Waals surface area (Å²) in [7, 11) is 0. The molecule has 1 aliphatic carbocycles. The van der Waals surface area contributed by atoms with Crippen LogP contribution in [-0.2, 0) is 16.1 Å². The third kappa shape index (κ3) is 3.16. The fourth-order valence-corrected chi connectivity index (χ4v) is 2.96. The van der Waals surface area contributed by atoms with Crippen LogP contribution in [0.1, 0.15) is 44.6 Å². The first-order chi connectivity index (χ1) is 9.16. The minimum Gasteiger partial charge on any atom is -0.459 e. The highest BCUT2D eigenvalue weighted by atomic mass is 16.5. The molecule has 1 aromatic rings. The number of rotatable bonds is 4. The number of carbonyl (C=O) groups is 1. The minimum atomic E-state index is -0.776. The first kappa shape index (κ1) is 14.1. The van der Waals surface area contributed by atoms with Crippen molar-refractivity contribution in [3.8, 4) is 0 Å². The normalized spacial score (nSPS) is 26.9. The third-order valence-electron chi connectivity index (χ3n) is 4.21. The van der Waals surface area contributed by atoms with Gasteiger partial charge in [-0.05, 0) is 24.3 Å². The van der Waals surface area contributed by atoms with Crippen molar-refractivity contribution in [2.45, 2.75) is 51.2 Å². The summed E-state index contributed by atoms with van der Waals surface area (Å²) in [4.78, 5) is 12.3. The van der Waals surface area contributed by atoms with E-state index in [2.05, 4.69) is 6.92 Å². The monoisotopic (exact) mass is 261 g/mol. The molecule has 3 nitrogen and oxygen atoms in total. The fraction of sp³-hybridized carbons (Fsp3) is 0.562. The van der Waals surface area contributed by atoms with E-state index >= 15 is 0 Å². The van der Waals surface area contributed by atoms with Crippen LogP contribution in [-0.4, -0.2) is 11.5 Å². The third-order valence-corrected chi connectivity index (χ3v) is 4.21. The molecule has 1 fully saturated rings. The van der Waals surface area contributed by atoms with Crippen LogP contribution in [0.5, 0.6) is 0 Å². The maximum Gasteiger partial charge on any atom is 0.326 e. The van der Waals surface area contributed by atoms with Gasteiger partial charge in [-0.15, -0.1) is 0 Å². The molecule has 3 heteroatoms. The quantitative estimate of drug-likeness (QED) is 0.848. The lowest BCUT2D eigenvalue weighted by Gasteiger charge is -2.38. The van der Waals surface area contributed by atoms with E-state index in [9.17, 15) is 4.79 Å². The summed E-state index contributed by atoms with van der Waals surface area (Å²) in [5.74, 6) is 0.0208. The Morgan fingerprint density at radius 3 is 2.79 bits per heavy atom. The molecule has 0 spiro atoms. The summed E-state index contributed by atoms with van der Waals surface area (Å²) in [6.45, 7) is 2.41. The average Bonchev–Trinajstić information content (AvgIpc) is 2.46. The fourth-order valence-electron chi connectivity index (χ4n) is 2.96. The highest BCUT2D eigenvalue weighted by molar-refractivity contribution is 5.81. The van der Waals surface area contributed by atoms with Crippen molar-refractivity contribution < 1.29 is 9.53 Å². The van der Waals surface area contributed by atoms with Gasteiger partial charge < -0.3 is 10.5 Å². The molecular formula is C16H23NO2. The van der Waals surface area contributed by atoms with Gasteiger partial charge in [0.25, 0.3) is 0 Å². The molecule has 2 atom stereocenters. The maximum absolute atomic E-state index is 12.3. The van der Waals surface area contributed by atoms with E-state index in [0.29, 0.717) is 6.61 Å². The van der Waals surface area contributed by atoms with Crippen molar-refractivity contribution in [3.05, 3.63) is 35.9 Å². The second-order valence-corrected chi connectivity index (χ2v) is 5.45. The smallest absolute Gasteiger partial charge is 0.326 e. The lowest BCUT2D eigenvalue weighted by Crippen LogP contribution is -2.56. The number of esters is 1. The summed E-state index contributed by atoms with van der Waals surface area (Å²) >= 11 is 0. The summed E-state index contributed by atoms with van der Waals surface area (Å²) in [6, 6.07) is 9.74. The van der Waals surface area contributed by atoms with Gasteiger partial charge in [0, 0.05) is 0 Å². The number of nitrogens with two attached hydrogens (primary N) is 1. The van der Waals surface area contributed by atoms with Gasteiger partial charge in [-0.2, -0.15) is 0 Å². The lowest BCUT2D eigenvalue weighted by molar-refractivity contribution is -0.155. The Morgan fingerprint density at radius 2 is 2.11 bits per heavy atom. The van der Waals surface area contributed by atoms with Crippen molar-refractivity contribution in [2.24, 2.45) is 11.7 Å². The molecule has 0 radical (unpaired) electrons. The predicted octanol–water partition coefficient (Wildman–Crippen LogP) is 3.03. The molecule has 0 aliphatic heterocycles. The highest BCUT2D eigenvalue weighted by Gasteiger charge is 2.43. The molecule has 0 aromatic heterocycles. The summed E-state index contributed by atoms with van der Waals surface area (Å²) in [5, 5.41) is 0. The van der Waals surface area contributed by atoms with E-state index in [1.165, 1.54) is 6.42 Å². The summed E-state index contributed by atoms with van der Waals surface area (Å²) in [5.41, 5.74) is 6.57. The molecule has 1 saturated carbocycles. The van der Waals surface area contributed by atoms with Crippen LogP contribution in [0.25, 0.3) is 0 Å². The molecule has 0 unspecified atom stereocenters. The van der Waals surface area contributed by atoms with Crippen LogP contribution in [0.2, 0.25) is 0 Å². The zero-order valence-corrected chi connectivity index (χ0v) is 11.6. The van der Waals surface area contributed by atoms with Crippen molar-refractivity contribution >= 4 is 5.97 Å². The molecule has 0 amide bonds. The first-order valence-electron chi connectivity index (χ1n) is 7.17. The molecule has 1 aromatic carbocycles. The molecule has 104 valence electrons. The Morgan fingerprint density at radius 1 is 1.37 bits per heavy atom. The Hall–Kier alpha value is -1.35. The van der Waals surface area contributed by atoms with E-state index in [-0.39, 0.29) is 11.9 Å². The maximum atomic E-state index is 12.3. The van der Waals surface area contributed by atoms with Crippen LogP contribution >= 0.6 is 0 Å². The number of carbonyl (C=O) groups excluding carboxylic acids is 1. The largest absolute Gasteiger partial charge is 0.459 e. The Kier molecular flexibility index (Phi) is 4.59. The van der Waals surface area contributed by atoms with Gasteiger partial charge in [0.2, 0.25) is 0 Å². The minimum absolute atomic E-state index is 0.233.